The molecule has 0 radical (unpaired) electrons. The molecule has 1 atom stereocenters. The summed E-state index contributed by atoms with van der Waals surface area (Å²) >= 11 is 1.81. The number of hydrogen-bond acceptors (Lipinski definition) is 3. The third-order valence-corrected chi connectivity index (χ3v) is 5.13. The Hall–Kier alpha value is -0.220. The largest absolute Gasteiger partial charge is 1.00 e. The fourth-order valence-electron chi connectivity index (χ4n) is 3.19. The summed E-state index contributed by atoms with van der Waals surface area (Å²) in [6.07, 6.45) is 4.91. The summed E-state index contributed by atoms with van der Waals surface area (Å²) in [6, 6.07) is 9.66. The van der Waals surface area contributed by atoms with Gasteiger partial charge in [-0.25, -0.2) is 0 Å². The molecule has 2 nitrogen and oxygen atoms in total. The lowest BCUT2D eigenvalue weighted by Gasteiger charge is -2.45. The fourth-order valence-corrected chi connectivity index (χ4v) is 3.60. The number of rotatable bonds is 4. The Kier molecular flexibility index (Phi) is 5.58. The second-order valence-electron chi connectivity index (χ2n) is 5.47. The van der Waals surface area contributed by atoms with Gasteiger partial charge in [-0.15, -0.1) is 11.8 Å². The van der Waals surface area contributed by atoms with Crippen LogP contribution in [0.3, 0.4) is 0 Å². The zero-order valence-corrected chi connectivity index (χ0v) is 13.0. The molecule has 2 bridgehead atoms. The van der Waals surface area contributed by atoms with Crippen molar-refractivity contribution in [2.45, 2.75) is 30.3 Å². The number of hydrogen-bond donors (Lipinski definition) is 1. The van der Waals surface area contributed by atoms with E-state index < -0.39 is 0 Å². The molecule has 1 unspecified atom stereocenters. The first kappa shape index (κ1) is 15.2. The molecular formula is C15H22ClN2S-. The Morgan fingerprint density at radius 1 is 1.21 bits per heavy atom. The average Bonchev–Trinajstić information content (AvgIpc) is 2.47. The Labute approximate surface area is 126 Å². The number of thioether (sulfide) groups is 1. The van der Waals surface area contributed by atoms with Gasteiger partial charge in [-0.1, -0.05) is 12.1 Å². The molecule has 3 aliphatic rings. The van der Waals surface area contributed by atoms with Crippen LogP contribution in [0.25, 0.3) is 0 Å². The van der Waals surface area contributed by atoms with Crippen LogP contribution in [0, 0.1) is 5.92 Å². The lowest BCUT2D eigenvalue weighted by Crippen LogP contribution is -3.00. The van der Waals surface area contributed by atoms with Crippen LogP contribution in [0.5, 0.6) is 0 Å². The van der Waals surface area contributed by atoms with Gasteiger partial charge in [0, 0.05) is 24.0 Å². The normalized spacial score (nSPS) is 29.0. The van der Waals surface area contributed by atoms with Crippen molar-refractivity contribution < 1.29 is 12.4 Å². The highest BCUT2D eigenvalue weighted by Gasteiger charge is 2.33. The summed E-state index contributed by atoms with van der Waals surface area (Å²) in [5.41, 5.74) is 1.41. The van der Waals surface area contributed by atoms with Crippen LogP contribution in [0.1, 0.15) is 18.4 Å². The first-order valence-electron chi connectivity index (χ1n) is 6.94. The van der Waals surface area contributed by atoms with Crippen LogP contribution in [-0.4, -0.2) is 36.8 Å². The molecule has 106 valence electrons. The topological polar surface area (TPSA) is 15.3 Å². The third kappa shape index (κ3) is 3.66. The maximum Gasteiger partial charge on any atom is 0.0227 e. The minimum absolute atomic E-state index is 0. The maximum absolute atomic E-state index is 3.76. The molecule has 3 fully saturated rings. The van der Waals surface area contributed by atoms with Crippen LogP contribution < -0.4 is 17.7 Å². The highest BCUT2D eigenvalue weighted by atomic mass is 35.5. The summed E-state index contributed by atoms with van der Waals surface area (Å²) < 4.78 is 0. The Bertz CT molecular complexity index is 388. The van der Waals surface area contributed by atoms with Crippen molar-refractivity contribution in [3.05, 3.63) is 29.8 Å². The summed E-state index contributed by atoms with van der Waals surface area (Å²) in [4.78, 5) is 3.95. The zero-order chi connectivity index (χ0) is 12.4. The average molecular weight is 298 g/mol. The second kappa shape index (κ2) is 6.98. The first-order chi connectivity index (χ1) is 8.85. The Morgan fingerprint density at radius 3 is 2.42 bits per heavy atom. The molecule has 4 rings (SSSR count). The molecule has 3 saturated heterocycles. The van der Waals surface area contributed by atoms with Gasteiger partial charge in [0.25, 0.3) is 0 Å². The summed E-state index contributed by atoms with van der Waals surface area (Å²) in [7, 11) is 0. The van der Waals surface area contributed by atoms with Crippen LogP contribution in [-0.2, 0) is 6.54 Å². The monoisotopic (exact) mass is 297 g/mol. The number of nitrogens with zero attached hydrogens (tertiary/aromatic N) is 1. The number of halogens is 1. The molecule has 3 aliphatic heterocycles. The smallest absolute Gasteiger partial charge is 0.0227 e. The lowest BCUT2D eigenvalue weighted by molar-refractivity contribution is -0.00000372. The number of benzene rings is 1. The summed E-state index contributed by atoms with van der Waals surface area (Å²) in [5, 5.41) is 3.76. The fraction of sp³-hybridized carbons (Fsp3) is 0.600. The van der Waals surface area contributed by atoms with E-state index in [1.54, 1.807) is 11.8 Å². The molecule has 0 amide bonds. The quantitative estimate of drug-likeness (QED) is 0.761. The first-order valence-corrected chi connectivity index (χ1v) is 8.16. The molecular weight excluding hydrogens is 276 g/mol. The van der Waals surface area contributed by atoms with Gasteiger partial charge in [0.05, 0.1) is 0 Å². The van der Waals surface area contributed by atoms with Crippen molar-refractivity contribution in [2.75, 3.05) is 25.9 Å². The van der Waals surface area contributed by atoms with Gasteiger partial charge in [-0.3, -0.25) is 0 Å². The molecule has 0 aliphatic carbocycles. The van der Waals surface area contributed by atoms with E-state index in [0.29, 0.717) is 6.04 Å². The molecule has 3 heterocycles. The van der Waals surface area contributed by atoms with Crippen molar-refractivity contribution in [3.63, 3.8) is 0 Å². The number of nitrogens with one attached hydrogen (secondary N) is 1. The number of fused-ring (bicyclic) bond motifs is 3. The molecule has 19 heavy (non-hydrogen) atoms. The molecule has 1 aromatic rings. The van der Waals surface area contributed by atoms with E-state index in [4.69, 9.17) is 0 Å². The minimum Gasteiger partial charge on any atom is -1.00 e. The molecule has 1 N–H and O–H groups in total. The van der Waals surface area contributed by atoms with E-state index >= 15 is 0 Å². The van der Waals surface area contributed by atoms with E-state index in [1.807, 2.05) is 0 Å². The van der Waals surface area contributed by atoms with Crippen molar-refractivity contribution in [1.82, 2.24) is 10.2 Å². The molecule has 0 spiro atoms. The van der Waals surface area contributed by atoms with Crippen LogP contribution in [0.4, 0.5) is 0 Å². The summed E-state index contributed by atoms with van der Waals surface area (Å²) in [6.45, 7) is 4.92. The molecule has 1 aromatic carbocycles. The van der Waals surface area contributed by atoms with Gasteiger partial charge in [-0.2, -0.15) is 0 Å². The summed E-state index contributed by atoms with van der Waals surface area (Å²) in [5.74, 6) is 0.917. The Morgan fingerprint density at radius 2 is 1.89 bits per heavy atom. The van der Waals surface area contributed by atoms with Crippen molar-refractivity contribution in [2.24, 2.45) is 5.92 Å². The van der Waals surface area contributed by atoms with Gasteiger partial charge in [0.2, 0.25) is 0 Å². The highest BCUT2D eigenvalue weighted by Crippen LogP contribution is 2.27. The van der Waals surface area contributed by atoms with Gasteiger partial charge in [-0.05, 0) is 55.8 Å². The number of piperidine rings is 3. The predicted molar refractivity (Wildman–Crippen MR) is 78.0 cm³/mol. The standard InChI is InChI=1S/C15H22N2S.ClH/c1-18-14-4-2-12(3-5-14)10-16-15-11-17-8-6-13(15)7-9-17;/h2-5,13,15-16H,6-11H2,1H3;1H/p-1. The third-order valence-electron chi connectivity index (χ3n) is 4.38. The van der Waals surface area contributed by atoms with Gasteiger partial charge < -0.3 is 22.6 Å². The van der Waals surface area contributed by atoms with Crippen molar-refractivity contribution >= 4 is 11.8 Å². The molecule has 0 saturated carbocycles. The van der Waals surface area contributed by atoms with Crippen molar-refractivity contribution in [1.29, 1.82) is 0 Å². The van der Waals surface area contributed by atoms with E-state index in [-0.39, 0.29) is 12.4 Å². The van der Waals surface area contributed by atoms with Gasteiger partial charge in [0.15, 0.2) is 0 Å². The van der Waals surface area contributed by atoms with E-state index in [0.717, 1.165) is 12.5 Å². The van der Waals surface area contributed by atoms with E-state index in [9.17, 15) is 0 Å². The SMILES string of the molecule is CSc1ccc(CNC2CN3CCC2CC3)cc1.[Cl-]. The van der Waals surface area contributed by atoms with Crippen molar-refractivity contribution in [3.8, 4) is 0 Å². The minimum atomic E-state index is 0. The van der Waals surface area contributed by atoms with Crippen LogP contribution in [0.2, 0.25) is 0 Å². The molecule has 0 aromatic heterocycles. The van der Waals surface area contributed by atoms with E-state index in [2.05, 4.69) is 40.7 Å². The second-order valence-corrected chi connectivity index (χ2v) is 6.35. The van der Waals surface area contributed by atoms with Gasteiger partial charge >= 0.3 is 0 Å². The van der Waals surface area contributed by atoms with Crippen LogP contribution >= 0.6 is 11.8 Å². The zero-order valence-electron chi connectivity index (χ0n) is 11.4. The Balaban J connectivity index is 0.00000133. The maximum atomic E-state index is 3.76. The van der Waals surface area contributed by atoms with E-state index in [1.165, 1.54) is 42.9 Å². The van der Waals surface area contributed by atoms with Gasteiger partial charge in [0.1, 0.15) is 0 Å². The lowest BCUT2D eigenvalue weighted by atomic mass is 9.84. The molecule has 4 heteroatoms. The highest BCUT2D eigenvalue weighted by molar-refractivity contribution is 7.98. The predicted octanol–water partition coefficient (Wildman–Crippen LogP) is -0.404. The van der Waals surface area contributed by atoms with Crippen LogP contribution in [0.15, 0.2) is 29.2 Å².